The highest BCUT2D eigenvalue weighted by atomic mass is 32.2. The molecule has 0 aromatic carbocycles. The first-order chi connectivity index (χ1) is 12.1. The van der Waals surface area contributed by atoms with Gasteiger partial charge in [-0.25, -0.2) is 0 Å². The summed E-state index contributed by atoms with van der Waals surface area (Å²) >= 11 is 3.55. The van der Waals surface area contributed by atoms with Crippen molar-refractivity contribution in [2.75, 3.05) is 37.8 Å². The normalized spacial score (nSPS) is 25.7. The van der Waals surface area contributed by atoms with E-state index >= 15 is 0 Å². The summed E-state index contributed by atoms with van der Waals surface area (Å²) < 4.78 is 5.59. The summed E-state index contributed by atoms with van der Waals surface area (Å²) in [5, 5.41) is 2.87. The van der Waals surface area contributed by atoms with Gasteiger partial charge in [0.15, 0.2) is 0 Å². The molecule has 0 radical (unpaired) electrons. The molecule has 6 nitrogen and oxygen atoms in total. The van der Waals surface area contributed by atoms with Gasteiger partial charge < -0.3 is 10.1 Å². The van der Waals surface area contributed by atoms with Gasteiger partial charge in [0.2, 0.25) is 17.7 Å². The SMILES string of the molecule is CC(C)(C)SCCNC(=O)CCOCCN1C(=O)CC(C2(C)CS2)C1=O. The third kappa shape index (κ3) is 6.46. The highest BCUT2D eigenvalue weighted by Crippen LogP contribution is 2.53. The molecule has 2 heterocycles. The lowest BCUT2D eigenvalue weighted by atomic mass is 9.94. The maximum atomic E-state index is 12.4. The fourth-order valence-electron chi connectivity index (χ4n) is 2.77. The quantitative estimate of drug-likeness (QED) is 0.342. The molecule has 2 unspecified atom stereocenters. The molecular weight excluding hydrogens is 372 g/mol. The standard InChI is InChI=1S/C18H30N2O4S2/c1-17(2,3)25-10-6-19-14(21)5-8-24-9-7-20-15(22)11-13(16(20)23)18(4)12-26-18/h13H,5-12H2,1-4H3,(H,19,21). The molecule has 0 aromatic rings. The van der Waals surface area contributed by atoms with Crippen LogP contribution in [-0.4, -0.2) is 69.9 Å². The molecule has 0 aromatic heterocycles. The van der Waals surface area contributed by atoms with Crippen molar-refractivity contribution in [3.63, 3.8) is 0 Å². The Morgan fingerprint density at radius 2 is 2.08 bits per heavy atom. The van der Waals surface area contributed by atoms with Gasteiger partial charge in [0.05, 0.1) is 25.7 Å². The van der Waals surface area contributed by atoms with Gasteiger partial charge in [-0.3, -0.25) is 19.3 Å². The van der Waals surface area contributed by atoms with Crippen LogP contribution in [0.1, 0.15) is 40.5 Å². The lowest BCUT2D eigenvalue weighted by Crippen LogP contribution is -2.36. The molecule has 0 spiro atoms. The minimum atomic E-state index is -0.184. The summed E-state index contributed by atoms with van der Waals surface area (Å²) in [6.45, 7) is 9.99. The molecular formula is C18H30N2O4S2. The summed E-state index contributed by atoms with van der Waals surface area (Å²) in [5.41, 5.74) is 0. The van der Waals surface area contributed by atoms with Crippen molar-refractivity contribution in [3.8, 4) is 0 Å². The number of nitrogens with one attached hydrogen (secondary N) is 1. The molecule has 0 saturated carbocycles. The molecule has 3 amide bonds. The van der Waals surface area contributed by atoms with E-state index in [2.05, 4.69) is 26.1 Å². The van der Waals surface area contributed by atoms with Gasteiger partial charge in [0.25, 0.3) is 0 Å². The van der Waals surface area contributed by atoms with Crippen molar-refractivity contribution < 1.29 is 19.1 Å². The van der Waals surface area contributed by atoms with Crippen molar-refractivity contribution >= 4 is 41.2 Å². The average molecular weight is 403 g/mol. The first-order valence-corrected chi connectivity index (χ1v) is 11.1. The summed E-state index contributed by atoms with van der Waals surface area (Å²) in [6, 6.07) is 0. The molecule has 148 valence electrons. The highest BCUT2D eigenvalue weighted by molar-refractivity contribution is 8.07. The van der Waals surface area contributed by atoms with E-state index in [-0.39, 0.29) is 46.3 Å². The Morgan fingerprint density at radius 1 is 1.38 bits per heavy atom. The summed E-state index contributed by atoms with van der Waals surface area (Å²) in [4.78, 5) is 37.4. The van der Waals surface area contributed by atoms with Crippen LogP contribution < -0.4 is 5.32 Å². The van der Waals surface area contributed by atoms with Crippen LogP contribution in [0.5, 0.6) is 0 Å². The van der Waals surface area contributed by atoms with Crippen LogP contribution in [-0.2, 0) is 19.1 Å². The number of carbonyl (C=O) groups is 3. The molecule has 2 saturated heterocycles. The molecule has 26 heavy (non-hydrogen) atoms. The zero-order valence-corrected chi connectivity index (χ0v) is 17.8. The molecule has 2 fully saturated rings. The summed E-state index contributed by atoms with van der Waals surface area (Å²) in [7, 11) is 0. The molecule has 2 aliphatic rings. The first kappa shape index (κ1) is 21.6. The van der Waals surface area contributed by atoms with Crippen molar-refractivity contribution in [1.82, 2.24) is 10.2 Å². The monoisotopic (exact) mass is 402 g/mol. The minimum absolute atomic E-state index is 0.0356. The summed E-state index contributed by atoms with van der Waals surface area (Å²) in [6.07, 6.45) is 0.608. The second kappa shape index (κ2) is 8.97. The van der Waals surface area contributed by atoms with Crippen molar-refractivity contribution in [2.45, 2.75) is 50.0 Å². The second-order valence-electron chi connectivity index (χ2n) is 7.91. The lowest BCUT2D eigenvalue weighted by molar-refractivity contribution is -0.140. The largest absolute Gasteiger partial charge is 0.379 e. The van der Waals surface area contributed by atoms with Crippen LogP contribution in [0.25, 0.3) is 0 Å². The van der Waals surface area contributed by atoms with Crippen LogP contribution in [0.4, 0.5) is 0 Å². The van der Waals surface area contributed by atoms with E-state index in [9.17, 15) is 14.4 Å². The smallest absolute Gasteiger partial charge is 0.234 e. The van der Waals surface area contributed by atoms with Gasteiger partial charge in [-0.1, -0.05) is 20.8 Å². The van der Waals surface area contributed by atoms with Crippen molar-refractivity contribution in [2.24, 2.45) is 5.92 Å². The maximum absolute atomic E-state index is 12.4. The second-order valence-corrected chi connectivity index (χ2v) is 11.3. The topological polar surface area (TPSA) is 75.7 Å². The van der Waals surface area contributed by atoms with Crippen LogP contribution >= 0.6 is 23.5 Å². The van der Waals surface area contributed by atoms with Gasteiger partial charge in [-0.2, -0.15) is 23.5 Å². The van der Waals surface area contributed by atoms with E-state index in [1.54, 1.807) is 11.8 Å². The molecule has 0 bridgehead atoms. The molecule has 8 heteroatoms. The number of rotatable bonds is 10. The molecule has 2 aliphatic heterocycles. The Hall–Kier alpha value is -0.730. The first-order valence-electron chi connectivity index (χ1n) is 9.09. The number of hydrogen-bond donors (Lipinski definition) is 1. The molecule has 2 rings (SSSR count). The maximum Gasteiger partial charge on any atom is 0.234 e. The van der Waals surface area contributed by atoms with Crippen LogP contribution in [0.2, 0.25) is 0 Å². The van der Waals surface area contributed by atoms with Crippen LogP contribution in [0.15, 0.2) is 0 Å². The molecule has 0 aliphatic carbocycles. The van der Waals surface area contributed by atoms with Gasteiger partial charge in [-0.05, 0) is 6.92 Å². The van der Waals surface area contributed by atoms with Gasteiger partial charge in [0.1, 0.15) is 0 Å². The van der Waals surface area contributed by atoms with Gasteiger partial charge in [0, 0.05) is 40.4 Å². The van der Waals surface area contributed by atoms with Crippen LogP contribution in [0.3, 0.4) is 0 Å². The van der Waals surface area contributed by atoms with E-state index in [1.807, 2.05) is 18.7 Å². The number of thioether (sulfide) groups is 2. The third-order valence-electron chi connectivity index (χ3n) is 4.47. The predicted octanol–water partition coefficient (Wildman–Crippen LogP) is 1.92. The summed E-state index contributed by atoms with van der Waals surface area (Å²) in [5.74, 6) is 1.44. The Kier molecular flexibility index (Phi) is 7.44. The van der Waals surface area contributed by atoms with Crippen molar-refractivity contribution in [1.29, 1.82) is 0 Å². The molecule has 1 N–H and O–H groups in total. The zero-order valence-electron chi connectivity index (χ0n) is 16.1. The van der Waals surface area contributed by atoms with Gasteiger partial charge >= 0.3 is 0 Å². The minimum Gasteiger partial charge on any atom is -0.379 e. The number of amides is 3. The fraction of sp³-hybridized carbons (Fsp3) is 0.833. The highest BCUT2D eigenvalue weighted by Gasteiger charge is 2.55. The zero-order chi connectivity index (χ0) is 19.4. The number of likely N-dealkylation sites (tertiary alicyclic amines) is 1. The van der Waals surface area contributed by atoms with Gasteiger partial charge in [-0.15, -0.1) is 0 Å². The molecule has 2 atom stereocenters. The average Bonchev–Trinajstić information content (AvgIpc) is 3.22. The van der Waals surface area contributed by atoms with E-state index in [0.29, 0.717) is 26.0 Å². The third-order valence-corrected chi connectivity index (χ3v) is 7.23. The predicted molar refractivity (Wildman–Crippen MR) is 106 cm³/mol. The van der Waals surface area contributed by atoms with E-state index in [4.69, 9.17) is 4.74 Å². The number of carbonyl (C=O) groups excluding carboxylic acids is 3. The van der Waals surface area contributed by atoms with Crippen LogP contribution in [0, 0.1) is 5.92 Å². The number of hydrogen-bond acceptors (Lipinski definition) is 6. The number of imide groups is 1. The number of nitrogens with zero attached hydrogens (tertiary/aromatic N) is 1. The lowest BCUT2D eigenvalue weighted by Gasteiger charge is -2.17. The number of ether oxygens (including phenoxy) is 1. The Balaban J connectivity index is 1.54. The van der Waals surface area contributed by atoms with E-state index in [0.717, 1.165) is 11.5 Å². The van der Waals surface area contributed by atoms with E-state index in [1.165, 1.54) is 4.90 Å². The Labute approximate surface area is 164 Å². The fourth-order valence-corrected chi connectivity index (χ4v) is 4.40. The Morgan fingerprint density at radius 3 is 2.69 bits per heavy atom. The van der Waals surface area contributed by atoms with E-state index < -0.39 is 0 Å². The Bertz CT molecular complexity index is 544. The van der Waals surface area contributed by atoms with Crippen molar-refractivity contribution in [3.05, 3.63) is 0 Å².